The highest BCUT2D eigenvalue weighted by Crippen LogP contribution is 2.10. The Bertz CT molecular complexity index is 136. The molecule has 12 heavy (non-hydrogen) atoms. The third-order valence-electron chi connectivity index (χ3n) is 2.26. The van der Waals surface area contributed by atoms with Gasteiger partial charge < -0.3 is 5.32 Å². The molecular formula is C9H20N2S. The molecule has 1 rings (SSSR count). The van der Waals surface area contributed by atoms with Gasteiger partial charge in [0, 0.05) is 37.5 Å². The monoisotopic (exact) mass is 188 g/mol. The molecule has 0 aromatic heterocycles. The molecule has 0 aromatic rings. The number of hydrogen-bond donors (Lipinski definition) is 1. The van der Waals surface area contributed by atoms with E-state index in [9.17, 15) is 0 Å². The lowest BCUT2D eigenvalue weighted by molar-refractivity contribution is 0.163. The van der Waals surface area contributed by atoms with Gasteiger partial charge in [0.15, 0.2) is 0 Å². The van der Waals surface area contributed by atoms with E-state index in [0.717, 1.165) is 6.54 Å². The van der Waals surface area contributed by atoms with E-state index < -0.39 is 0 Å². The highest BCUT2D eigenvalue weighted by Gasteiger charge is 2.24. The fraction of sp³-hybridized carbons (Fsp3) is 1.00. The van der Waals surface area contributed by atoms with Crippen molar-refractivity contribution in [1.82, 2.24) is 10.2 Å². The van der Waals surface area contributed by atoms with Gasteiger partial charge in [-0.25, -0.2) is 0 Å². The number of thioether (sulfide) groups is 1. The maximum atomic E-state index is 3.52. The maximum absolute atomic E-state index is 3.52. The van der Waals surface area contributed by atoms with E-state index in [1.165, 1.54) is 25.4 Å². The molecule has 1 N–H and O–H groups in total. The van der Waals surface area contributed by atoms with Gasteiger partial charge in [-0.05, 0) is 20.1 Å². The summed E-state index contributed by atoms with van der Waals surface area (Å²) in [5, 5.41) is 3.52. The molecule has 0 atom stereocenters. The van der Waals surface area contributed by atoms with E-state index in [0.29, 0.717) is 5.54 Å². The van der Waals surface area contributed by atoms with Crippen LogP contribution in [-0.4, -0.2) is 48.6 Å². The first-order chi connectivity index (χ1) is 5.64. The second-order valence-electron chi connectivity index (χ2n) is 4.08. The van der Waals surface area contributed by atoms with Crippen LogP contribution >= 0.6 is 11.8 Å². The predicted molar refractivity (Wildman–Crippen MR) is 56.9 cm³/mol. The van der Waals surface area contributed by atoms with E-state index in [1.807, 2.05) is 11.8 Å². The molecule has 1 aliphatic heterocycles. The maximum Gasteiger partial charge on any atom is 0.0252 e. The van der Waals surface area contributed by atoms with Crippen molar-refractivity contribution in [2.75, 3.05) is 38.2 Å². The summed E-state index contributed by atoms with van der Waals surface area (Å²) in [6, 6.07) is 0. The van der Waals surface area contributed by atoms with Gasteiger partial charge in [0.1, 0.15) is 0 Å². The van der Waals surface area contributed by atoms with Crippen molar-refractivity contribution in [1.29, 1.82) is 0 Å². The predicted octanol–water partition coefficient (Wildman–Crippen LogP) is 1.03. The van der Waals surface area contributed by atoms with Gasteiger partial charge in [0.25, 0.3) is 0 Å². The lowest BCUT2D eigenvalue weighted by atomic mass is 10.0. The molecule has 0 aliphatic carbocycles. The summed E-state index contributed by atoms with van der Waals surface area (Å²) in [7, 11) is 0. The molecule has 1 saturated heterocycles. The number of nitrogens with one attached hydrogen (secondary N) is 1. The first-order valence-corrected chi connectivity index (χ1v) is 6.00. The molecule has 0 unspecified atom stereocenters. The van der Waals surface area contributed by atoms with E-state index in [2.05, 4.69) is 30.3 Å². The summed E-state index contributed by atoms with van der Waals surface area (Å²) in [4.78, 5) is 2.55. The second-order valence-corrected chi connectivity index (χ2v) is 5.07. The Balaban J connectivity index is 2.26. The molecule has 1 fully saturated rings. The number of rotatable bonds is 3. The first-order valence-electron chi connectivity index (χ1n) is 4.60. The van der Waals surface area contributed by atoms with Gasteiger partial charge in [0.05, 0.1) is 0 Å². The van der Waals surface area contributed by atoms with Crippen LogP contribution in [-0.2, 0) is 0 Å². The minimum Gasteiger partial charge on any atom is -0.309 e. The van der Waals surface area contributed by atoms with Crippen LogP contribution in [0.1, 0.15) is 13.8 Å². The topological polar surface area (TPSA) is 15.3 Å². The Kier molecular flexibility index (Phi) is 3.87. The Labute approximate surface area is 80.1 Å². The Morgan fingerprint density at radius 3 is 2.83 bits per heavy atom. The molecular weight excluding hydrogens is 168 g/mol. The molecule has 0 spiro atoms. The molecule has 2 nitrogen and oxygen atoms in total. The van der Waals surface area contributed by atoms with Crippen LogP contribution < -0.4 is 5.32 Å². The Morgan fingerprint density at radius 2 is 2.25 bits per heavy atom. The largest absolute Gasteiger partial charge is 0.309 e. The number of nitrogens with zero attached hydrogens (tertiary/aromatic N) is 1. The van der Waals surface area contributed by atoms with Gasteiger partial charge in [-0.2, -0.15) is 11.8 Å². The summed E-state index contributed by atoms with van der Waals surface area (Å²) in [6.07, 6.45) is 2.17. The lowest BCUT2D eigenvalue weighted by Crippen LogP contribution is -2.57. The fourth-order valence-electron chi connectivity index (χ4n) is 1.66. The van der Waals surface area contributed by atoms with Crippen molar-refractivity contribution < 1.29 is 0 Å². The van der Waals surface area contributed by atoms with E-state index in [1.54, 1.807) is 0 Å². The smallest absolute Gasteiger partial charge is 0.0252 e. The molecule has 72 valence electrons. The molecule has 0 aromatic carbocycles. The van der Waals surface area contributed by atoms with Gasteiger partial charge >= 0.3 is 0 Å². The highest BCUT2D eigenvalue weighted by molar-refractivity contribution is 7.98. The van der Waals surface area contributed by atoms with E-state index in [4.69, 9.17) is 0 Å². The summed E-state index contributed by atoms with van der Waals surface area (Å²) in [6.45, 7) is 9.34. The van der Waals surface area contributed by atoms with Gasteiger partial charge in [-0.1, -0.05) is 0 Å². The number of hydrogen-bond acceptors (Lipinski definition) is 3. The van der Waals surface area contributed by atoms with Crippen molar-refractivity contribution in [2.45, 2.75) is 19.4 Å². The van der Waals surface area contributed by atoms with Gasteiger partial charge in [-0.3, -0.25) is 4.90 Å². The van der Waals surface area contributed by atoms with Crippen LogP contribution in [0.15, 0.2) is 0 Å². The van der Waals surface area contributed by atoms with Crippen LogP contribution in [0.25, 0.3) is 0 Å². The zero-order valence-electron chi connectivity index (χ0n) is 8.39. The van der Waals surface area contributed by atoms with Crippen molar-refractivity contribution in [3.05, 3.63) is 0 Å². The number of piperazine rings is 1. The van der Waals surface area contributed by atoms with E-state index in [-0.39, 0.29) is 0 Å². The minimum absolute atomic E-state index is 0.316. The molecule has 1 heterocycles. The lowest BCUT2D eigenvalue weighted by Gasteiger charge is -2.39. The van der Waals surface area contributed by atoms with Crippen LogP contribution in [0, 0.1) is 0 Å². The molecule has 0 saturated carbocycles. The Hall–Kier alpha value is 0.270. The van der Waals surface area contributed by atoms with Crippen molar-refractivity contribution in [3.8, 4) is 0 Å². The zero-order valence-corrected chi connectivity index (χ0v) is 9.21. The second kappa shape index (κ2) is 4.49. The first kappa shape index (κ1) is 10.4. The minimum atomic E-state index is 0.316. The highest BCUT2D eigenvalue weighted by atomic mass is 32.2. The van der Waals surface area contributed by atoms with Gasteiger partial charge in [0.2, 0.25) is 0 Å². The van der Waals surface area contributed by atoms with Crippen LogP contribution in [0.5, 0.6) is 0 Å². The van der Waals surface area contributed by atoms with Gasteiger partial charge in [-0.15, -0.1) is 0 Å². The quantitative estimate of drug-likeness (QED) is 0.712. The fourth-order valence-corrected chi connectivity index (χ4v) is 2.10. The van der Waals surface area contributed by atoms with Crippen molar-refractivity contribution >= 4 is 11.8 Å². The third-order valence-corrected chi connectivity index (χ3v) is 2.85. The van der Waals surface area contributed by atoms with Crippen LogP contribution in [0.4, 0.5) is 0 Å². The van der Waals surface area contributed by atoms with Crippen molar-refractivity contribution in [2.24, 2.45) is 0 Å². The summed E-state index contributed by atoms with van der Waals surface area (Å²) in [5.41, 5.74) is 0.316. The van der Waals surface area contributed by atoms with E-state index >= 15 is 0 Å². The molecule has 3 heteroatoms. The summed E-state index contributed by atoms with van der Waals surface area (Å²) >= 11 is 1.93. The molecule has 1 aliphatic rings. The molecule has 0 radical (unpaired) electrons. The summed E-state index contributed by atoms with van der Waals surface area (Å²) in [5.74, 6) is 1.26. The normalized spacial score (nSPS) is 24.2. The zero-order chi connectivity index (χ0) is 9.03. The van der Waals surface area contributed by atoms with Crippen LogP contribution in [0.2, 0.25) is 0 Å². The Morgan fingerprint density at radius 1 is 1.50 bits per heavy atom. The third kappa shape index (κ3) is 3.33. The molecule has 0 amide bonds. The molecule has 0 bridgehead atoms. The standard InChI is InChI=1S/C9H20N2S/c1-9(2)8-11(5-4-10-9)6-7-12-3/h10H,4-8H2,1-3H3. The SMILES string of the molecule is CSCCN1CCNC(C)(C)C1. The summed E-state index contributed by atoms with van der Waals surface area (Å²) < 4.78 is 0. The average molecular weight is 188 g/mol. The van der Waals surface area contributed by atoms with Crippen molar-refractivity contribution in [3.63, 3.8) is 0 Å². The van der Waals surface area contributed by atoms with Crippen LogP contribution in [0.3, 0.4) is 0 Å². The average Bonchev–Trinajstić information content (AvgIpc) is 1.99.